The normalized spacial score (nSPS) is 16.8. The number of carbonyl (C=O) groups excluding carboxylic acids is 1. The van der Waals surface area contributed by atoms with Gasteiger partial charge in [-0.15, -0.1) is 0 Å². The zero-order chi connectivity index (χ0) is 21.5. The van der Waals surface area contributed by atoms with E-state index < -0.39 is 17.3 Å². The summed E-state index contributed by atoms with van der Waals surface area (Å²) in [5, 5.41) is 12.0. The molecule has 4 nitrogen and oxygen atoms in total. The fourth-order valence-electron chi connectivity index (χ4n) is 4.11. The first-order valence-electron chi connectivity index (χ1n) is 9.90. The molecule has 1 aliphatic rings. The monoisotopic (exact) mass is 416 g/mol. The summed E-state index contributed by atoms with van der Waals surface area (Å²) >= 11 is 0. The van der Waals surface area contributed by atoms with Crippen LogP contribution in [-0.4, -0.2) is 34.0 Å². The van der Waals surface area contributed by atoms with Gasteiger partial charge in [-0.05, 0) is 55.2 Å². The minimum Gasteiger partial charge on any atom is -0.385 e. The van der Waals surface area contributed by atoms with Gasteiger partial charge in [0.05, 0.1) is 17.6 Å². The number of hydrogen-bond acceptors (Lipinski definition) is 2. The lowest BCUT2D eigenvalue weighted by molar-refractivity contribution is -0.137. The molecule has 2 heterocycles. The van der Waals surface area contributed by atoms with Crippen LogP contribution in [0.15, 0.2) is 48.7 Å². The van der Waals surface area contributed by atoms with Crippen molar-refractivity contribution in [2.45, 2.75) is 38.0 Å². The van der Waals surface area contributed by atoms with Gasteiger partial charge in [-0.3, -0.25) is 4.79 Å². The highest BCUT2D eigenvalue weighted by molar-refractivity contribution is 5.89. The minimum atomic E-state index is -4.46. The summed E-state index contributed by atoms with van der Waals surface area (Å²) in [5.41, 5.74) is 1.10. The highest BCUT2D eigenvalue weighted by atomic mass is 19.4. The molecular weight excluding hydrogens is 393 g/mol. The van der Waals surface area contributed by atoms with Crippen LogP contribution < -0.4 is 0 Å². The number of aryl methyl sites for hydroxylation is 1. The molecule has 0 aliphatic carbocycles. The van der Waals surface area contributed by atoms with Crippen molar-refractivity contribution < 1.29 is 23.1 Å². The molecule has 0 radical (unpaired) electrons. The number of alkyl halides is 3. The molecule has 1 aromatic heterocycles. The van der Waals surface area contributed by atoms with Gasteiger partial charge >= 0.3 is 6.18 Å². The Hall–Kier alpha value is -2.80. The second-order valence-electron chi connectivity index (χ2n) is 8.03. The number of carbonyl (C=O) groups is 1. The Labute approximate surface area is 172 Å². The molecule has 3 aromatic rings. The van der Waals surface area contributed by atoms with E-state index in [4.69, 9.17) is 0 Å². The summed E-state index contributed by atoms with van der Waals surface area (Å²) in [6.07, 6.45) is -1.98. The van der Waals surface area contributed by atoms with E-state index in [0.29, 0.717) is 13.1 Å². The Morgan fingerprint density at radius 2 is 1.90 bits per heavy atom. The number of benzene rings is 2. The highest BCUT2D eigenvalue weighted by Crippen LogP contribution is 2.37. The average Bonchev–Trinajstić information content (AvgIpc) is 3.10. The van der Waals surface area contributed by atoms with Gasteiger partial charge in [0, 0.05) is 30.2 Å². The molecule has 4 rings (SSSR count). The molecule has 30 heavy (non-hydrogen) atoms. The molecule has 158 valence electrons. The van der Waals surface area contributed by atoms with E-state index >= 15 is 0 Å². The van der Waals surface area contributed by atoms with Crippen molar-refractivity contribution in [2.75, 3.05) is 13.1 Å². The Bertz CT molecular complexity index is 1080. The topological polar surface area (TPSA) is 56.3 Å². The molecule has 1 saturated heterocycles. The summed E-state index contributed by atoms with van der Waals surface area (Å²) < 4.78 is 39.0. The molecule has 1 aliphatic heterocycles. The van der Waals surface area contributed by atoms with Gasteiger partial charge < -0.3 is 15.0 Å². The van der Waals surface area contributed by atoms with E-state index in [1.54, 1.807) is 4.90 Å². The number of fused-ring (bicyclic) bond motifs is 1. The summed E-state index contributed by atoms with van der Waals surface area (Å²) in [6.45, 7) is 2.59. The lowest BCUT2D eigenvalue weighted by Gasteiger charge is -2.38. The molecule has 1 fully saturated rings. The molecule has 0 saturated carbocycles. The smallest absolute Gasteiger partial charge is 0.385 e. The Morgan fingerprint density at radius 3 is 2.60 bits per heavy atom. The SMILES string of the molecule is Cc1ccc2[nH]cc(CC(=O)N3CCC(O)(c4cccc(C(F)(F)F)c4)CC3)c2c1. The third kappa shape index (κ3) is 3.94. The molecule has 0 bridgehead atoms. The van der Waals surface area contributed by atoms with Gasteiger partial charge in [-0.25, -0.2) is 0 Å². The molecule has 1 amide bonds. The van der Waals surface area contributed by atoms with Gasteiger partial charge in [0.1, 0.15) is 0 Å². The third-order valence-corrected chi connectivity index (χ3v) is 5.94. The van der Waals surface area contributed by atoms with E-state index in [1.165, 1.54) is 12.1 Å². The Balaban J connectivity index is 1.45. The van der Waals surface area contributed by atoms with E-state index in [0.717, 1.165) is 34.2 Å². The van der Waals surface area contributed by atoms with Crippen molar-refractivity contribution in [2.24, 2.45) is 0 Å². The van der Waals surface area contributed by atoms with E-state index in [-0.39, 0.29) is 30.7 Å². The highest BCUT2D eigenvalue weighted by Gasteiger charge is 2.38. The van der Waals surface area contributed by atoms with Crippen molar-refractivity contribution in [3.63, 3.8) is 0 Å². The molecule has 2 N–H and O–H groups in total. The predicted octanol–water partition coefficient (Wildman–Crippen LogP) is 4.55. The van der Waals surface area contributed by atoms with Gasteiger partial charge in [-0.1, -0.05) is 23.8 Å². The van der Waals surface area contributed by atoms with Crippen molar-refractivity contribution in [3.05, 3.63) is 70.9 Å². The third-order valence-electron chi connectivity index (χ3n) is 5.94. The van der Waals surface area contributed by atoms with Crippen LogP contribution in [0, 0.1) is 6.92 Å². The number of rotatable bonds is 3. The zero-order valence-corrected chi connectivity index (χ0v) is 16.6. The number of aromatic amines is 1. The largest absolute Gasteiger partial charge is 0.416 e. The van der Waals surface area contributed by atoms with Gasteiger partial charge in [-0.2, -0.15) is 13.2 Å². The molecule has 0 spiro atoms. The first-order chi connectivity index (χ1) is 14.2. The number of aliphatic hydroxyl groups is 1. The number of hydrogen-bond donors (Lipinski definition) is 2. The second-order valence-corrected chi connectivity index (χ2v) is 8.03. The number of nitrogens with one attached hydrogen (secondary N) is 1. The van der Waals surface area contributed by atoms with E-state index in [1.807, 2.05) is 31.3 Å². The van der Waals surface area contributed by atoms with Crippen LogP contribution in [0.5, 0.6) is 0 Å². The van der Waals surface area contributed by atoms with Gasteiger partial charge in [0.25, 0.3) is 0 Å². The fraction of sp³-hybridized carbons (Fsp3) is 0.348. The average molecular weight is 416 g/mol. The van der Waals surface area contributed by atoms with Crippen LogP contribution >= 0.6 is 0 Å². The number of nitrogens with zero attached hydrogens (tertiary/aromatic N) is 1. The van der Waals surface area contributed by atoms with Crippen LogP contribution in [0.3, 0.4) is 0 Å². The predicted molar refractivity (Wildman–Crippen MR) is 108 cm³/mol. The van der Waals surface area contributed by atoms with Crippen LogP contribution in [-0.2, 0) is 23.0 Å². The maximum atomic E-state index is 13.0. The van der Waals surface area contributed by atoms with Crippen molar-refractivity contribution in [1.29, 1.82) is 0 Å². The van der Waals surface area contributed by atoms with E-state index in [2.05, 4.69) is 4.98 Å². The number of H-pyrrole nitrogens is 1. The molecule has 0 unspecified atom stereocenters. The van der Waals surface area contributed by atoms with Crippen LogP contribution in [0.2, 0.25) is 0 Å². The molecular formula is C23H23F3N2O2. The van der Waals surface area contributed by atoms with Crippen molar-refractivity contribution in [1.82, 2.24) is 9.88 Å². The molecule has 7 heteroatoms. The number of likely N-dealkylation sites (tertiary alicyclic amines) is 1. The Morgan fingerprint density at radius 1 is 1.17 bits per heavy atom. The van der Waals surface area contributed by atoms with Crippen LogP contribution in [0.4, 0.5) is 13.2 Å². The number of amides is 1. The minimum absolute atomic E-state index is 0.0523. The lowest BCUT2D eigenvalue weighted by Crippen LogP contribution is -2.45. The van der Waals surface area contributed by atoms with E-state index in [9.17, 15) is 23.1 Å². The van der Waals surface area contributed by atoms with Gasteiger partial charge in [0.15, 0.2) is 0 Å². The quantitative estimate of drug-likeness (QED) is 0.658. The summed E-state index contributed by atoms with van der Waals surface area (Å²) in [7, 11) is 0. The number of halogens is 3. The lowest BCUT2D eigenvalue weighted by atomic mass is 9.83. The molecule has 0 atom stereocenters. The summed E-state index contributed by atoms with van der Waals surface area (Å²) in [6, 6.07) is 10.9. The zero-order valence-electron chi connectivity index (χ0n) is 16.6. The van der Waals surface area contributed by atoms with Crippen LogP contribution in [0.1, 0.15) is 35.1 Å². The molecule has 2 aromatic carbocycles. The Kier molecular flexibility index (Phi) is 5.10. The maximum absolute atomic E-state index is 13.0. The maximum Gasteiger partial charge on any atom is 0.416 e. The first-order valence-corrected chi connectivity index (χ1v) is 9.90. The second kappa shape index (κ2) is 7.47. The number of piperidine rings is 1. The standard InChI is InChI=1S/C23H23F3N2O2/c1-15-5-6-20-19(11-15)16(14-27-20)12-21(29)28-9-7-22(30,8-10-28)17-3-2-4-18(13-17)23(24,25)26/h2-6,11,13-14,27,30H,7-10,12H2,1H3. The van der Waals surface area contributed by atoms with Crippen LogP contribution in [0.25, 0.3) is 10.9 Å². The van der Waals surface area contributed by atoms with Crippen molar-refractivity contribution in [3.8, 4) is 0 Å². The number of aromatic nitrogens is 1. The summed E-state index contributed by atoms with van der Waals surface area (Å²) in [5.74, 6) is -0.0523. The summed E-state index contributed by atoms with van der Waals surface area (Å²) in [4.78, 5) is 17.7. The van der Waals surface area contributed by atoms with Gasteiger partial charge in [0.2, 0.25) is 5.91 Å². The van der Waals surface area contributed by atoms with Crippen molar-refractivity contribution >= 4 is 16.8 Å². The first kappa shape index (κ1) is 20.5. The fourth-order valence-corrected chi connectivity index (χ4v) is 4.11.